The second kappa shape index (κ2) is 15.7. The van der Waals surface area contributed by atoms with E-state index in [0.717, 1.165) is 0 Å². The molecule has 264 valence electrons. The number of aliphatic hydroxyl groups excluding tert-OH is 10. The van der Waals surface area contributed by atoms with Gasteiger partial charge in [-0.25, -0.2) is 0 Å². The molecule has 4 heterocycles. The summed E-state index contributed by atoms with van der Waals surface area (Å²) < 4.78 is 46.4. The Balaban J connectivity index is 1.69. The lowest BCUT2D eigenvalue weighted by Gasteiger charge is -2.50. The summed E-state index contributed by atoms with van der Waals surface area (Å²) in [7, 11) is 1.36. The van der Waals surface area contributed by atoms with Crippen molar-refractivity contribution in [2.24, 2.45) is 11.8 Å². The molecule has 0 bridgehead atoms. The van der Waals surface area contributed by atoms with Crippen LogP contribution < -0.4 is 0 Å². The third-order valence-electron chi connectivity index (χ3n) is 9.06. The van der Waals surface area contributed by atoms with Crippen molar-refractivity contribution in [1.82, 2.24) is 0 Å². The maximum atomic E-state index is 11.3. The normalized spacial score (nSPS) is 52.9. The van der Waals surface area contributed by atoms with Crippen LogP contribution in [0.5, 0.6) is 0 Å². The molecule has 4 fully saturated rings. The SMILES string of the molecule is CO[C@@H]1OC(CO)[C@@H](O[C@@H]2OC(CO)[C@H](O)[C@H](O[C@H]3OC(CO)[C@H](O)[C@H](O)C3C)C2O[C@@H]2OC(C)[C@@H](O)[C@H](O)C2O)[C@H](O)C1C. The monoisotopic (exact) mass is 660 g/mol. The zero-order valence-corrected chi connectivity index (χ0v) is 25.4. The second-order valence-electron chi connectivity index (χ2n) is 12.1. The predicted molar refractivity (Wildman–Crippen MR) is 144 cm³/mol. The van der Waals surface area contributed by atoms with Crippen molar-refractivity contribution in [3.63, 3.8) is 0 Å². The molecule has 4 aliphatic rings. The van der Waals surface area contributed by atoms with Crippen molar-refractivity contribution >= 4 is 0 Å². The lowest BCUT2D eigenvalue weighted by molar-refractivity contribution is -0.401. The van der Waals surface area contributed by atoms with E-state index in [-0.39, 0.29) is 0 Å². The summed E-state index contributed by atoms with van der Waals surface area (Å²) in [5.74, 6) is -1.60. The fourth-order valence-electron chi connectivity index (χ4n) is 6.06. The fourth-order valence-corrected chi connectivity index (χ4v) is 6.06. The summed E-state index contributed by atoms with van der Waals surface area (Å²) in [6, 6.07) is 0. The molecule has 0 spiro atoms. The standard InChI is InChI=1S/C27H48O18/c1-8-14(31)17(34)11(5-28)40-25(8)44-22-18(35)12(6-29)41-27(23(22)45-26-20(37)19(36)16(33)10(3)39-26)43-21-13(7-30)42-24(38-4)9(2)15(21)32/h8-37H,5-7H2,1-4H3/t8?,9?,10?,11?,12?,13?,14-,15-,16-,17+,18+,19+,20?,21-,22+,23?,24-,25-,26+,27+/m1/s1. The molecule has 0 aliphatic carbocycles. The Morgan fingerprint density at radius 1 is 0.444 bits per heavy atom. The summed E-state index contributed by atoms with van der Waals surface area (Å²) in [4.78, 5) is 0. The Morgan fingerprint density at radius 3 is 1.56 bits per heavy atom. The molecule has 18 nitrogen and oxygen atoms in total. The number of methoxy groups -OCH3 is 1. The van der Waals surface area contributed by atoms with Gasteiger partial charge < -0.3 is 89.0 Å². The number of hydrogen-bond donors (Lipinski definition) is 10. The molecule has 4 aliphatic heterocycles. The van der Waals surface area contributed by atoms with Crippen LogP contribution in [0.1, 0.15) is 20.8 Å². The Bertz CT molecular complexity index is 913. The lowest BCUT2D eigenvalue weighted by atomic mass is 9.91. The molecule has 0 aromatic rings. The largest absolute Gasteiger partial charge is 0.394 e. The molecule has 8 unspecified atom stereocenters. The minimum atomic E-state index is -1.82. The van der Waals surface area contributed by atoms with Crippen LogP contribution in [0.3, 0.4) is 0 Å². The summed E-state index contributed by atoms with van der Waals surface area (Å²) in [6.45, 7) is 2.43. The van der Waals surface area contributed by atoms with Gasteiger partial charge >= 0.3 is 0 Å². The fraction of sp³-hybridized carbons (Fsp3) is 1.00. The van der Waals surface area contributed by atoms with Crippen molar-refractivity contribution in [3.8, 4) is 0 Å². The average Bonchev–Trinajstić information content (AvgIpc) is 3.03. The first-order chi connectivity index (χ1) is 21.3. The van der Waals surface area contributed by atoms with E-state index in [0.29, 0.717) is 0 Å². The van der Waals surface area contributed by atoms with Gasteiger partial charge in [0.15, 0.2) is 25.2 Å². The number of rotatable bonds is 10. The number of hydrogen-bond acceptors (Lipinski definition) is 18. The number of aliphatic hydroxyl groups is 10. The third kappa shape index (κ3) is 7.48. The van der Waals surface area contributed by atoms with Crippen LogP contribution >= 0.6 is 0 Å². The van der Waals surface area contributed by atoms with Gasteiger partial charge in [-0.3, -0.25) is 0 Å². The molecule has 0 radical (unpaired) electrons. The van der Waals surface area contributed by atoms with Crippen LogP contribution in [-0.4, -0.2) is 189 Å². The van der Waals surface area contributed by atoms with Gasteiger partial charge in [0.05, 0.1) is 38.1 Å². The molecule has 20 atom stereocenters. The first-order valence-corrected chi connectivity index (χ1v) is 15.0. The van der Waals surface area contributed by atoms with E-state index in [4.69, 9.17) is 37.9 Å². The zero-order chi connectivity index (χ0) is 33.3. The first-order valence-electron chi connectivity index (χ1n) is 15.0. The van der Waals surface area contributed by atoms with Crippen LogP contribution in [0.4, 0.5) is 0 Å². The second-order valence-corrected chi connectivity index (χ2v) is 12.1. The van der Waals surface area contributed by atoms with Gasteiger partial charge in [0.25, 0.3) is 0 Å². The van der Waals surface area contributed by atoms with Gasteiger partial charge in [-0.1, -0.05) is 13.8 Å². The molecule has 45 heavy (non-hydrogen) atoms. The van der Waals surface area contributed by atoms with Gasteiger partial charge in [0.1, 0.15) is 67.1 Å². The van der Waals surface area contributed by atoms with Crippen LogP contribution in [0.25, 0.3) is 0 Å². The highest BCUT2D eigenvalue weighted by Gasteiger charge is 2.55. The average molecular weight is 661 g/mol. The van der Waals surface area contributed by atoms with Gasteiger partial charge in [0, 0.05) is 18.9 Å². The number of ether oxygens (including phenoxy) is 8. The Labute approximate surface area is 259 Å². The molecule has 0 aromatic carbocycles. The molecule has 18 heteroatoms. The highest BCUT2D eigenvalue weighted by molar-refractivity contribution is 4.97. The van der Waals surface area contributed by atoms with Gasteiger partial charge in [-0.05, 0) is 6.92 Å². The van der Waals surface area contributed by atoms with E-state index in [1.807, 2.05) is 0 Å². The lowest BCUT2D eigenvalue weighted by Crippen LogP contribution is -2.67. The minimum absolute atomic E-state index is 0.624. The van der Waals surface area contributed by atoms with Crippen molar-refractivity contribution in [2.45, 2.75) is 131 Å². The smallest absolute Gasteiger partial charge is 0.187 e. The Kier molecular flexibility index (Phi) is 12.9. The highest BCUT2D eigenvalue weighted by Crippen LogP contribution is 2.37. The van der Waals surface area contributed by atoms with E-state index in [9.17, 15) is 51.1 Å². The quantitative estimate of drug-likeness (QED) is 0.105. The van der Waals surface area contributed by atoms with Crippen LogP contribution in [0, 0.1) is 11.8 Å². The van der Waals surface area contributed by atoms with Crippen molar-refractivity contribution in [1.29, 1.82) is 0 Å². The van der Waals surface area contributed by atoms with Gasteiger partial charge in [-0.15, -0.1) is 0 Å². The molecular formula is C27H48O18. The van der Waals surface area contributed by atoms with Crippen LogP contribution in [0.2, 0.25) is 0 Å². The molecule has 4 saturated heterocycles. The highest BCUT2D eigenvalue weighted by atomic mass is 16.8. The van der Waals surface area contributed by atoms with E-state index in [2.05, 4.69) is 0 Å². The molecule has 0 saturated carbocycles. The van der Waals surface area contributed by atoms with Crippen LogP contribution in [0.15, 0.2) is 0 Å². The molecule has 0 amide bonds. The van der Waals surface area contributed by atoms with Gasteiger partial charge in [0.2, 0.25) is 0 Å². The van der Waals surface area contributed by atoms with E-state index < -0.39 is 142 Å². The maximum Gasteiger partial charge on any atom is 0.187 e. The van der Waals surface area contributed by atoms with E-state index in [1.165, 1.54) is 21.0 Å². The predicted octanol–water partition coefficient (Wildman–Crippen LogP) is -5.52. The summed E-state index contributed by atoms with van der Waals surface area (Å²) in [5, 5.41) is 104. The summed E-state index contributed by atoms with van der Waals surface area (Å²) in [5.41, 5.74) is 0. The van der Waals surface area contributed by atoms with Crippen molar-refractivity contribution < 1.29 is 89.0 Å². The van der Waals surface area contributed by atoms with Gasteiger partial charge in [-0.2, -0.15) is 0 Å². The molecule has 10 N–H and O–H groups in total. The van der Waals surface area contributed by atoms with Crippen LogP contribution in [-0.2, 0) is 37.9 Å². The van der Waals surface area contributed by atoms with E-state index >= 15 is 0 Å². The summed E-state index contributed by atoms with van der Waals surface area (Å²) in [6.07, 6.45) is -25.8. The minimum Gasteiger partial charge on any atom is -0.394 e. The van der Waals surface area contributed by atoms with Crippen molar-refractivity contribution in [3.05, 3.63) is 0 Å². The molecule has 4 rings (SSSR count). The Hall–Kier alpha value is -0.720. The molecular weight excluding hydrogens is 612 g/mol. The first kappa shape index (κ1) is 37.1. The molecule has 0 aromatic heterocycles. The third-order valence-corrected chi connectivity index (χ3v) is 9.06. The van der Waals surface area contributed by atoms with Crippen molar-refractivity contribution in [2.75, 3.05) is 26.9 Å². The zero-order valence-electron chi connectivity index (χ0n) is 25.4. The summed E-state index contributed by atoms with van der Waals surface area (Å²) >= 11 is 0. The Morgan fingerprint density at radius 2 is 0.956 bits per heavy atom. The topological polar surface area (TPSA) is 276 Å². The van der Waals surface area contributed by atoms with E-state index in [1.54, 1.807) is 6.92 Å². The maximum absolute atomic E-state index is 11.3.